The van der Waals surface area contributed by atoms with E-state index < -0.39 is 0 Å². The molecule has 1 aliphatic rings. The third-order valence-corrected chi connectivity index (χ3v) is 4.54. The second-order valence-electron chi connectivity index (χ2n) is 6.92. The maximum atomic E-state index is 12.9. The molecule has 0 saturated carbocycles. The van der Waals surface area contributed by atoms with E-state index in [2.05, 4.69) is 9.88 Å². The molecule has 6 heteroatoms. The zero-order valence-corrected chi connectivity index (χ0v) is 16.2. The van der Waals surface area contributed by atoms with Crippen LogP contribution in [0.3, 0.4) is 0 Å². The molecule has 0 unspecified atom stereocenters. The predicted molar refractivity (Wildman–Crippen MR) is 104 cm³/mol. The van der Waals surface area contributed by atoms with Crippen molar-refractivity contribution in [2.75, 3.05) is 33.3 Å². The first-order valence-corrected chi connectivity index (χ1v) is 9.33. The Morgan fingerprint density at radius 2 is 1.89 bits per heavy atom. The largest absolute Gasteiger partial charge is 0.493 e. The Labute approximate surface area is 160 Å². The lowest BCUT2D eigenvalue weighted by molar-refractivity contribution is 0.0626. The van der Waals surface area contributed by atoms with E-state index in [4.69, 9.17) is 9.47 Å². The maximum absolute atomic E-state index is 12.9. The lowest BCUT2D eigenvalue weighted by atomic mass is 10.1. The molecule has 1 aromatic heterocycles. The number of carbonyl (C=O) groups is 1. The van der Waals surface area contributed by atoms with Crippen molar-refractivity contribution < 1.29 is 14.3 Å². The number of ether oxygens (including phenoxy) is 2. The van der Waals surface area contributed by atoms with Crippen molar-refractivity contribution in [2.24, 2.45) is 0 Å². The Morgan fingerprint density at radius 3 is 2.52 bits per heavy atom. The Morgan fingerprint density at radius 1 is 1.11 bits per heavy atom. The number of aromatic nitrogens is 1. The number of piperazine rings is 1. The van der Waals surface area contributed by atoms with Crippen LogP contribution in [0.4, 0.5) is 0 Å². The number of methoxy groups -OCH3 is 1. The molecule has 0 spiro atoms. The summed E-state index contributed by atoms with van der Waals surface area (Å²) < 4.78 is 11.1. The third-order valence-electron chi connectivity index (χ3n) is 4.54. The van der Waals surface area contributed by atoms with Gasteiger partial charge in [-0.25, -0.2) is 0 Å². The van der Waals surface area contributed by atoms with Crippen molar-refractivity contribution in [3.05, 3.63) is 53.9 Å². The first-order chi connectivity index (χ1) is 13.1. The quantitative estimate of drug-likeness (QED) is 0.784. The molecule has 1 saturated heterocycles. The number of benzene rings is 1. The minimum atomic E-state index is 0.0295. The van der Waals surface area contributed by atoms with Crippen LogP contribution in [0.1, 0.15) is 29.9 Å². The molecule has 1 aromatic carbocycles. The molecule has 0 radical (unpaired) electrons. The fraction of sp³-hybridized carbons (Fsp3) is 0.429. The van der Waals surface area contributed by atoms with Crippen molar-refractivity contribution in [2.45, 2.75) is 26.5 Å². The number of carbonyl (C=O) groups excluding carboxylic acids is 1. The average molecular weight is 369 g/mol. The van der Waals surface area contributed by atoms with E-state index in [0.717, 1.165) is 25.3 Å². The molecule has 1 aliphatic heterocycles. The number of nitrogens with zero attached hydrogens (tertiary/aromatic N) is 3. The van der Waals surface area contributed by atoms with Crippen LogP contribution in [-0.2, 0) is 6.54 Å². The zero-order valence-electron chi connectivity index (χ0n) is 16.2. The van der Waals surface area contributed by atoms with Crippen molar-refractivity contribution in [1.82, 2.24) is 14.8 Å². The van der Waals surface area contributed by atoms with E-state index in [9.17, 15) is 4.79 Å². The number of hydrogen-bond acceptors (Lipinski definition) is 5. The van der Waals surface area contributed by atoms with Crippen LogP contribution in [0, 0.1) is 0 Å². The molecule has 3 rings (SSSR count). The van der Waals surface area contributed by atoms with E-state index in [-0.39, 0.29) is 12.0 Å². The summed E-state index contributed by atoms with van der Waals surface area (Å²) in [7, 11) is 1.59. The molecular formula is C21H27N3O3. The molecule has 27 heavy (non-hydrogen) atoms. The summed E-state index contributed by atoms with van der Waals surface area (Å²) in [4.78, 5) is 21.5. The molecule has 144 valence electrons. The molecular weight excluding hydrogens is 342 g/mol. The Balaban J connectivity index is 1.60. The standard InChI is InChI=1S/C21H27N3O3/c1-16(2)27-19-8-7-17(14-20(19)26-3)21(25)24-12-10-23(11-13-24)15-18-6-4-5-9-22-18/h4-9,14,16H,10-13,15H2,1-3H3. The highest BCUT2D eigenvalue weighted by Gasteiger charge is 2.23. The molecule has 2 aromatic rings. The maximum Gasteiger partial charge on any atom is 0.254 e. The SMILES string of the molecule is COc1cc(C(=O)N2CCN(Cc3ccccn3)CC2)ccc1OC(C)C. The molecule has 0 N–H and O–H groups in total. The van der Waals surface area contributed by atoms with Gasteiger partial charge in [0.05, 0.1) is 18.9 Å². The van der Waals surface area contributed by atoms with Gasteiger partial charge >= 0.3 is 0 Å². The fourth-order valence-corrected chi connectivity index (χ4v) is 3.16. The summed E-state index contributed by atoms with van der Waals surface area (Å²) in [5.74, 6) is 1.27. The van der Waals surface area contributed by atoms with Crippen LogP contribution in [0.5, 0.6) is 11.5 Å². The second-order valence-corrected chi connectivity index (χ2v) is 6.92. The molecule has 1 fully saturated rings. The van der Waals surface area contributed by atoms with Gasteiger partial charge in [0.15, 0.2) is 11.5 Å². The second kappa shape index (κ2) is 8.86. The summed E-state index contributed by atoms with van der Waals surface area (Å²) in [5.41, 5.74) is 1.68. The molecule has 0 bridgehead atoms. The summed E-state index contributed by atoms with van der Waals surface area (Å²) in [6, 6.07) is 11.3. The van der Waals surface area contributed by atoms with Gasteiger partial charge in [-0.3, -0.25) is 14.7 Å². The van der Waals surface area contributed by atoms with Gasteiger partial charge in [-0.2, -0.15) is 0 Å². The van der Waals surface area contributed by atoms with Crippen LogP contribution in [-0.4, -0.2) is 60.1 Å². The Kier molecular flexibility index (Phi) is 6.29. The average Bonchev–Trinajstić information content (AvgIpc) is 2.69. The smallest absolute Gasteiger partial charge is 0.254 e. The first-order valence-electron chi connectivity index (χ1n) is 9.33. The van der Waals surface area contributed by atoms with Crippen molar-refractivity contribution in [3.8, 4) is 11.5 Å². The zero-order chi connectivity index (χ0) is 19.2. The minimum Gasteiger partial charge on any atom is -0.493 e. The summed E-state index contributed by atoms with van der Waals surface area (Å²) in [6.45, 7) is 7.84. The number of hydrogen-bond donors (Lipinski definition) is 0. The van der Waals surface area contributed by atoms with E-state index in [0.29, 0.717) is 30.2 Å². The van der Waals surface area contributed by atoms with Gasteiger partial charge in [-0.1, -0.05) is 6.07 Å². The van der Waals surface area contributed by atoms with Crippen LogP contribution >= 0.6 is 0 Å². The van der Waals surface area contributed by atoms with Gasteiger partial charge in [-0.05, 0) is 44.2 Å². The van der Waals surface area contributed by atoms with Crippen molar-refractivity contribution >= 4 is 5.91 Å². The van der Waals surface area contributed by atoms with Gasteiger partial charge in [0.1, 0.15) is 0 Å². The van der Waals surface area contributed by atoms with Crippen LogP contribution < -0.4 is 9.47 Å². The topological polar surface area (TPSA) is 54.9 Å². The van der Waals surface area contributed by atoms with Crippen molar-refractivity contribution in [3.63, 3.8) is 0 Å². The van der Waals surface area contributed by atoms with Gasteiger partial charge in [0.2, 0.25) is 0 Å². The lowest BCUT2D eigenvalue weighted by Gasteiger charge is -2.34. The predicted octanol–water partition coefficient (Wildman–Crippen LogP) is 2.84. The van der Waals surface area contributed by atoms with Gasteiger partial charge < -0.3 is 14.4 Å². The van der Waals surface area contributed by atoms with Crippen LogP contribution in [0.25, 0.3) is 0 Å². The molecule has 6 nitrogen and oxygen atoms in total. The molecule has 1 amide bonds. The molecule has 0 atom stereocenters. The van der Waals surface area contributed by atoms with Gasteiger partial charge in [0.25, 0.3) is 5.91 Å². The highest BCUT2D eigenvalue weighted by molar-refractivity contribution is 5.95. The Hall–Kier alpha value is -2.60. The Bertz CT molecular complexity index is 757. The van der Waals surface area contributed by atoms with Gasteiger partial charge in [-0.15, -0.1) is 0 Å². The van der Waals surface area contributed by atoms with E-state index in [1.807, 2.05) is 55.3 Å². The van der Waals surface area contributed by atoms with Gasteiger partial charge in [0, 0.05) is 44.5 Å². The molecule has 0 aliphatic carbocycles. The third kappa shape index (κ3) is 4.98. The number of pyridine rings is 1. The molecule has 2 heterocycles. The minimum absolute atomic E-state index is 0.0295. The number of rotatable bonds is 6. The number of amides is 1. The van der Waals surface area contributed by atoms with Crippen LogP contribution in [0.2, 0.25) is 0 Å². The van der Waals surface area contributed by atoms with Crippen molar-refractivity contribution in [1.29, 1.82) is 0 Å². The van der Waals surface area contributed by atoms with E-state index >= 15 is 0 Å². The monoisotopic (exact) mass is 369 g/mol. The van der Waals surface area contributed by atoms with E-state index in [1.165, 1.54) is 0 Å². The normalized spacial score (nSPS) is 15.0. The summed E-state index contributed by atoms with van der Waals surface area (Å²) in [5, 5.41) is 0. The summed E-state index contributed by atoms with van der Waals surface area (Å²) in [6.07, 6.45) is 1.86. The van der Waals surface area contributed by atoms with Crippen LogP contribution in [0.15, 0.2) is 42.6 Å². The van der Waals surface area contributed by atoms with E-state index in [1.54, 1.807) is 13.2 Å². The fourth-order valence-electron chi connectivity index (χ4n) is 3.16. The summed E-state index contributed by atoms with van der Waals surface area (Å²) >= 11 is 0. The highest BCUT2D eigenvalue weighted by atomic mass is 16.5. The lowest BCUT2D eigenvalue weighted by Crippen LogP contribution is -2.48. The first kappa shape index (κ1) is 19.2. The highest BCUT2D eigenvalue weighted by Crippen LogP contribution is 2.29.